The van der Waals surface area contributed by atoms with Crippen LogP contribution >= 0.6 is 0 Å². The van der Waals surface area contributed by atoms with Gasteiger partial charge in [0.1, 0.15) is 0 Å². The summed E-state index contributed by atoms with van der Waals surface area (Å²) in [5.41, 5.74) is -5.51. The highest BCUT2D eigenvalue weighted by molar-refractivity contribution is 6.01. The van der Waals surface area contributed by atoms with E-state index in [1.165, 1.54) is 12.2 Å². The molecular weight excluding hydrogens is 351 g/mol. The minimum absolute atomic E-state index is 0.123. The molecule has 0 aromatic rings. The van der Waals surface area contributed by atoms with Crippen LogP contribution in [0.3, 0.4) is 0 Å². The maximum absolute atomic E-state index is 16.8. The van der Waals surface area contributed by atoms with Gasteiger partial charge < -0.3 is 15.3 Å². The molecule has 5 nitrogen and oxygen atoms in total. The van der Waals surface area contributed by atoms with Crippen molar-refractivity contribution in [3.05, 3.63) is 23.8 Å². The molecule has 0 amide bonds. The summed E-state index contributed by atoms with van der Waals surface area (Å²) < 4.78 is 16.8. The third-order valence-corrected chi connectivity index (χ3v) is 8.55. The van der Waals surface area contributed by atoms with Gasteiger partial charge in [-0.2, -0.15) is 0 Å². The number of carbonyl (C=O) groups excluding carboxylic acids is 1. The van der Waals surface area contributed by atoms with E-state index in [9.17, 15) is 24.9 Å². The first-order valence-electron chi connectivity index (χ1n) is 9.70. The number of halogens is 1. The van der Waals surface area contributed by atoms with Gasteiger partial charge in [-0.1, -0.05) is 25.5 Å². The van der Waals surface area contributed by atoms with E-state index in [0.717, 1.165) is 0 Å². The molecule has 148 valence electrons. The molecule has 4 aliphatic rings. The van der Waals surface area contributed by atoms with Crippen molar-refractivity contribution in [1.29, 1.82) is 0 Å². The number of hydrogen-bond acceptors (Lipinski definition) is 4. The molecule has 4 aliphatic carbocycles. The van der Waals surface area contributed by atoms with Crippen molar-refractivity contribution in [1.82, 2.24) is 0 Å². The lowest BCUT2D eigenvalue weighted by Crippen LogP contribution is -2.69. The molecule has 0 heterocycles. The molecule has 0 radical (unpaired) electrons. The van der Waals surface area contributed by atoms with Crippen molar-refractivity contribution in [3.63, 3.8) is 0 Å². The van der Waals surface area contributed by atoms with Crippen LogP contribution in [0.4, 0.5) is 4.39 Å². The van der Waals surface area contributed by atoms with Gasteiger partial charge in [0.05, 0.1) is 6.10 Å². The van der Waals surface area contributed by atoms with Crippen LogP contribution in [0, 0.1) is 28.6 Å². The molecule has 0 spiro atoms. The Kier molecular flexibility index (Phi) is 3.69. The fraction of sp³-hybridized carbons (Fsp3) is 0.714. The molecular formula is C21H27FO5. The quantitative estimate of drug-likeness (QED) is 0.651. The number of alkyl halides is 1. The lowest BCUT2D eigenvalue weighted by Gasteiger charge is -2.62. The number of aliphatic carboxylic acids is 1. The van der Waals surface area contributed by atoms with Crippen LogP contribution in [0.1, 0.15) is 46.5 Å². The van der Waals surface area contributed by atoms with Gasteiger partial charge in [-0.25, -0.2) is 9.18 Å². The molecule has 0 aliphatic heterocycles. The number of ketones is 1. The zero-order chi connectivity index (χ0) is 20.0. The van der Waals surface area contributed by atoms with Crippen molar-refractivity contribution in [2.75, 3.05) is 0 Å². The Bertz CT molecular complexity index is 789. The molecule has 8 atom stereocenters. The van der Waals surface area contributed by atoms with E-state index < -0.39 is 46.0 Å². The zero-order valence-electron chi connectivity index (χ0n) is 15.9. The van der Waals surface area contributed by atoms with Crippen molar-refractivity contribution >= 4 is 11.8 Å². The summed E-state index contributed by atoms with van der Waals surface area (Å²) in [5, 5.41) is 31.9. The Balaban J connectivity index is 1.85. The first-order chi connectivity index (χ1) is 12.4. The predicted octanol–water partition coefficient (Wildman–Crippen LogP) is 2.42. The SMILES string of the molecule is C[C@@H]1C[C@H]2[C@@H]3CCC4=CC(=O)C=C[C@]4(C)C3(F)C(O)C[C@]2(C)C1(O)C(=O)O. The van der Waals surface area contributed by atoms with Gasteiger partial charge in [0.15, 0.2) is 17.1 Å². The van der Waals surface area contributed by atoms with Crippen molar-refractivity contribution < 1.29 is 29.3 Å². The monoisotopic (exact) mass is 378 g/mol. The third-order valence-electron chi connectivity index (χ3n) is 8.55. The third kappa shape index (κ3) is 1.91. The second kappa shape index (κ2) is 5.29. The number of allylic oxidation sites excluding steroid dienone is 4. The zero-order valence-corrected chi connectivity index (χ0v) is 15.9. The highest BCUT2D eigenvalue weighted by atomic mass is 19.1. The normalized spacial score (nSPS) is 54.0. The number of hydrogen-bond donors (Lipinski definition) is 3. The summed E-state index contributed by atoms with van der Waals surface area (Å²) in [6.07, 6.45) is 4.22. The van der Waals surface area contributed by atoms with Crippen LogP contribution in [0.5, 0.6) is 0 Å². The maximum atomic E-state index is 16.8. The van der Waals surface area contributed by atoms with Gasteiger partial charge in [-0.05, 0) is 56.6 Å². The molecule has 0 bridgehead atoms. The second-order valence-electron chi connectivity index (χ2n) is 9.47. The van der Waals surface area contributed by atoms with E-state index in [1.807, 2.05) is 0 Å². The fourth-order valence-corrected chi connectivity index (χ4v) is 7.00. The Morgan fingerprint density at radius 3 is 2.59 bits per heavy atom. The highest BCUT2D eigenvalue weighted by Crippen LogP contribution is 2.70. The first-order valence-corrected chi connectivity index (χ1v) is 9.70. The number of fused-ring (bicyclic) bond motifs is 5. The Morgan fingerprint density at radius 1 is 1.30 bits per heavy atom. The molecule has 6 heteroatoms. The second-order valence-corrected chi connectivity index (χ2v) is 9.47. The van der Waals surface area contributed by atoms with E-state index in [4.69, 9.17) is 0 Å². The smallest absolute Gasteiger partial charge is 0.336 e. The minimum atomic E-state index is -2.00. The molecule has 27 heavy (non-hydrogen) atoms. The lowest BCUT2D eigenvalue weighted by molar-refractivity contribution is -0.225. The number of carbonyl (C=O) groups is 2. The summed E-state index contributed by atoms with van der Waals surface area (Å²) in [6, 6.07) is 0. The van der Waals surface area contributed by atoms with Crippen LogP contribution in [0.15, 0.2) is 23.8 Å². The first kappa shape index (κ1) is 18.8. The predicted molar refractivity (Wildman–Crippen MR) is 95.5 cm³/mol. The average Bonchev–Trinajstić information content (AvgIpc) is 2.79. The van der Waals surface area contributed by atoms with Gasteiger partial charge in [0.2, 0.25) is 0 Å². The summed E-state index contributed by atoms with van der Waals surface area (Å²) in [7, 11) is 0. The molecule has 3 fully saturated rings. The van der Waals surface area contributed by atoms with Crippen molar-refractivity contribution in [2.24, 2.45) is 28.6 Å². The number of carboxylic acids is 1. The standard InChI is InChI=1S/C21H27FO5/c1-11-8-15-14-5-4-12-9-13(23)6-7-18(12,2)20(14,22)16(24)10-19(15,3)21(11,27)17(25)26/h6-7,9,11,14-16,24,27H,4-5,8,10H2,1-3H3,(H,25,26)/t11-,14+,15+,16?,18+,19+,20?,21?/m1/s1. The Hall–Kier alpha value is -1.53. The molecule has 3 unspecified atom stereocenters. The summed E-state index contributed by atoms with van der Waals surface area (Å²) in [4.78, 5) is 23.8. The Labute approximate surface area is 158 Å². The Morgan fingerprint density at radius 2 is 1.96 bits per heavy atom. The lowest BCUT2D eigenvalue weighted by atomic mass is 9.45. The number of rotatable bonds is 1. The van der Waals surface area contributed by atoms with Crippen molar-refractivity contribution in [3.8, 4) is 0 Å². The topological polar surface area (TPSA) is 94.8 Å². The molecule has 0 aromatic carbocycles. The fourth-order valence-electron chi connectivity index (χ4n) is 7.00. The highest BCUT2D eigenvalue weighted by Gasteiger charge is 2.76. The average molecular weight is 378 g/mol. The minimum Gasteiger partial charge on any atom is -0.479 e. The van der Waals surface area contributed by atoms with Gasteiger partial charge in [-0.15, -0.1) is 0 Å². The molecule has 3 N–H and O–H groups in total. The van der Waals surface area contributed by atoms with E-state index in [2.05, 4.69) is 0 Å². The van der Waals surface area contributed by atoms with Crippen molar-refractivity contribution in [2.45, 2.75) is 63.8 Å². The van der Waals surface area contributed by atoms with E-state index in [1.54, 1.807) is 26.8 Å². The summed E-state index contributed by atoms with van der Waals surface area (Å²) >= 11 is 0. The van der Waals surface area contributed by atoms with Gasteiger partial charge in [0.25, 0.3) is 0 Å². The summed E-state index contributed by atoms with van der Waals surface area (Å²) in [5.74, 6) is -2.94. The van der Waals surface area contributed by atoms with Crippen LogP contribution in [0.2, 0.25) is 0 Å². The van der Waals surface area contributed by atoms with Crippen LogP contribution < -0.4 is 0 Å². The number of carboxylic acid groups (broad SMARTS) is 1. The summed E-state index contributed by atoms with van der Waals surface area (Å²) in [6.45, 7) is 5.10. The van der Waals surface area contributed by atoms with Crippen LogP contribution in [0.25, 0.3) is 0 Å². The van der Waals surface area contributed by atoms with Crippen LogP contribution in [-0.2, 0) is 9.59 Å². The van der Waals surface area contributed by atoms with Gasteiger partial charge in [0, 0.05) is 16.7 Å². The van der Waals surface area contributed by atoms with E-state index in [-0.39, 0.29) is 18.1 Å². The molecule has 0 saturated heterocycles. The molecule has 3 saturated carbocycles. The largest absolute Gasteiger partial charge is 0.479 e. The van der Waals surface area contributed by atoms with E-state index in [0.29, 0.717) is 24.8 Å². The van der Waals surface area contributed by atoms with Gasteiger partial charge in [-0.3, -0.25) is 4.79 Å². The molecule has 4 rings (SSSR count). The number of aliphatic hydroxyl groups is 2. The van der Waals surface area contributed by atoms with E-state index >= 15 is 4.39 Å². The maximum Gasteiger partial charge on any atom is 0.336 e. The van der Waals surface area contributed by atoms with Gasteiger partial charge >= 0.3 is 5.97 Å². The van der Waals surface area contributed by atoms with Crippen LogP contribution in [-0.4, -0.2) is 44.4 Å². The number of aliphatic hydroxyl groups excluding tert-OH is 1. The molecule has 0 aromatic heterocycles.